The minimum atomic E-state index is -0.614. The number of allylic oxidation sites excluding steroid dienone is 4. The van der Waals surface area contributed by atoms with Crippen LogP contribution in [0.25, 0.3) is 0 Å². The molecule has 1 aliphatic heterocycles. The van der Waals surface area contributed by atoms with Crippen LogP contribution in [0.3, 0.4) is 0 Å². The minimum Gasteiger partial charge on any atom is -0.457 e. The molecule has 6 heteroatoms. The zero-order chi connectivity index (χ0) is 19.6. The molecule has 0 amide bonds. The number of nitrogens with zero attached hydrogens (tertiary/aromatic N) is 1. The normalized spacial score (nSPS) is 23.2. The number of carbonyl (C=O) groups excluding carboxylic acids is 3. The Morgan fingerprint density at radius 2 is 1.79 bits per heavy atom. The molecule has 2 aliphatic carbocycles. The second-order valence-corrected chi connectivity index (χ2v) is 8.28. The zero-order valence-electron chi connectivity index (χ0n) is 15.5. The molecule has 0 radical (unpaired) electrons. The fourth-order valence-corrected chi connectivity index (χ4v) is 4.41. The molecule has 1 aromatic carbocycles. The van der Waals surface area contributed by atoms with Gasteiger partial charge in [-0.1, -0.05) is 44.2 Å². The average molecular weight is 374 g/mol. The highest BCUT2D eigenvalue weighted by Gasteiger charge is 2.49. The van der Waals surface area contributed by atoms with Crippen molar-refractivity contribution in [2.24, 2.45) is 5.41 Å². The molecule has 2 aromatic rings. The molecule has 1 aromatic heterocycles. The molecule has 28 heavy (non-hydrogen) atoms. The van der Waals surface area contributed by atoms with Crippen LogP contribution in [-0.4, -0.2) is 27.5 Å². The molecular formula is C22H18N2O4. The van der Waals surface area contributed by atoms with Crippen molar-refractivity contribution in [1.29, 1.82) is 0 Å². The van der Waals surface area contributed by atoms with E-state index in [2.05, 4.69) is 10.2 Å². The smallest absolute Gasteiger partial charge is 0.232 e. The van der Waals surface area contributed by atoms with Gasteiger partial charge in [-0.05, 0) is 11.0 Å². The Hall–Kier alpha value is -3.28. The monoisotopic (exact) mass is 374 g/mol. The fourth-order valence-electron chi connectivity index (χ4n) is 4.41. The Balaban J connectivity index is 1.76. The van der Waals surface area contributed by atoms with Gasteiger partial charge in [0.05, 0.1) is 17.3 Å². The zero-order valence-corrected chi connectivity index (χ0v) is 15.5. The number of Topliss-reactive ketones (excluding diaryl/α,β-unsaturated/α-hetero) is 3. The Bertz CT molecular complexity index is 1120. The molecule has 0 saturated heterocycles. The molecule has 1 atom stereocenters. The van der Waals surface area contributed by atoms with Crippen molar-refractivity contribution in [3.05, 3.63) is 76.0 Å². The average Bonchev–Trinajstić information content (AvgIpc) is 3.14. The standard InChI is InChI=1S/C22H18N2O4/c1-22(2)8-13(25)16-14(9-22)28-21-17(15(16)11-6-4-3-5-7-11)20(27)18-12(19(21)26)10-23-24-18/h3-7,10,15H,8-9H2,1-2H3,(H,23,24). The lowest BCUT2D eigenvalue weighted by molar-refractivity contribution is -0.119. The number of rotatable bonds is 1. The van der Waals surface area contributed by atoms with Gasteiger partial charge in [0.2, 0.25) is 11.6 Å². The van der Waals surface area contributed by atoms with E-state index in [4.69, 9.17) is 4.74 Å². The summed E-state index contributed by atoms with van der Waals surface area (Å²) >= 11 is 0. The molecule has 1 unspecified atom stereocenters. The summed E-state index contributed by atoms with van der Waals surface area (Å²) in [5, 5.41) is 6.49. The maximum absolute atomic E-state index is 13.3. The van der Waals surface area contributed by atoms with Crippen molar-refractivity contribution in [3.63, 3.8) is 0 Å². The van der Waals surface area contributed by atoms with Crippen LogP contribution in [0.4, 0.5) is 0 Å². The SMILES string of the molecule is CC1(C)CC(=O)C2=C(C1)OC1=C(C(=O)c3[nH]ncc3C1=O)C2c1ccccc1. The number of aromatic nitrogens is 2. The summed E-state index contributed by atoms with van der Waals surface area (Å²) < 4.78 is 5.99. The summed E-state index contributed by atoms with van der Waals surface area (Å²) in [6.45, 7) is 4.00. The summed E-state index contributed by atoms with van der Waals surface area (Å²) in [5.41, 5.74) is 1.61. The summed E-state index contributed by atoms with van der Waals surface area (Å²) in [7, 11) is 0. The topological polar surface area (TPSA) is 89.1 Å². The third-order valence-corrected chi connectivity index (χ3v) is 5.62. The van der Waals surface area contributed by atoms with E-state index in [1.165, 1.54) is 6.20 Å². The lowest BCUT2D eigenvalue weighted by Crippen LogP contribution is -2.37. The number of nitrogens with one attached hydrogen (secondary N) is 1. The van der Waals surface area contributed by atoms with Gasteiger partial charge in [0.25, 0.3) is 0 Å². The number of aromatic amines is 1. The number of hydrogen-bond donors (Lipinski definition) is 1. The number of carbonyl (C=O) groups is 3. The van der Waals surface area contributed by atoms with Gasteiger partial charge in [0.1, 0.15) is 11.5 Å². The summed E-state index contributed by atoms with van der Waals surface area (Å²) in [6, 6.07) is 9.34. The minimum absolute atomic E-state index is 0.0250. The van der Waals surface area contributed by atoms with Crippen LogP contribution in [0.5, 0.6) is 0 Å². The summed E-state index contributed by atoms with van der Waals surface area (Å²) in [6.07, 6.45) is 2.26. The molecule has 3 aliphatic rings. The molecule has 0 fully saturated rings. The van der Waals surface area contributed by atoms with Crippen molar-refractivity contribution in [3.8, 4) is 0 Å². The Morgan fingerprint density at radius 3 is 2.54 bits per heavy atom. The second-order valence-electron chi connectivity index (χ2n) is 8.28. The molecule has 0 spiro atoms. The Kier molecular flexibility index (Phi) is 3.38. The van der Waals surface area contributed by atoms with E-state index in [1.807, 2.05) is 44.2 Å². The molecule has 0 bridgehead atoms. The van der Waals surface area contributed by atoms with E-state index in [-0.39, 0.29) is 45.4 Å². The molecule has 6 nitrogen and oxygen atoms in total. The highest BCUT2D eigenvalue weighted by atomic mass is 16.5. The lowest BCUT2D eigenvalue weighted by Gasteiger charge is -2.39. The molecule has 0 saturated carbocycles. The number of H-pyrrole nitrogens is 1. The summed E-state index contributed by atoms with van der Waals surface area (Å²) in [5.74, 6) is -0.848. The summed E-state index contributed by atoms with van der Waals surface area (Å²) in [4.78, 5) is 39.4. The molecular weight excluding hydrogens is 356 g/mol. The van der Waals surface area contributed by atoms with Gasteiger partial charge < -0.3 is 4.74 Å². The first kappa shape index (κ1) is 16.9. The van der Waals surface area contributed by atoms with Crippen LogP contribution in [0, 0.1) is 5.41 Å². The van der Waals surface area contributed by atoms with E-state index in [9.17, 15) is 14.4 Å². The highest BCUT2D eigenvalue weighted by molar-refractivity contribution is 6.27. The number of fused-ring (bicyclic) bond motifs is 1. The van der Waals surface area contributed by atoms with Gasteiger partial charge in [0, 0.05) is 24.3 Å². The van der Waals surface area contributed by atoms with E-state index in [0.29, 0.717) is 24.2 Å². The van der Waals surface area contributed by atoms with Gasteiger partial charge in [-0.25, -0.2) is 0 Å². The van der Waals surface area contributed by atoms with Crippen molar-refractivity contribution < 1.29 is 19.1 Å². The van der Waals surface area contributed by atoms with Crippen molar-refractivity contribution in [2.75, 3.05) is 0 Å². The van der Waals surface area contributed by atoms with Crippen LogP contribution >= 0.6 is 0 Å². The van der Waals surface area contributed by atoms with Gasteiger partial charge in [-0.2, -0.15) is 5.10 Å². The maximum Gasteiger partial charge on any atom is 0.232 e. The van der Waals surface area contributed by atoms with E-state index in [1.54, 1.807) is 0 Å². The van der Waals surface area contributed by atoms with Crippen molar-refractivity contribution in [1.82, 2.24) is 10.2 Å². The number of benzene rings is 1. The number of ether oxygens (including phenoxy) is 1. The second kappa shape index (κ2) is 5.61. The molecule has 2 heterocycles. The van der Waals surface area contributed by atoms with E-state index < -0.39 is 5.92 Å². The number of hydrogen-bond acceptors (Lipinski definition) is 5. The van der Waals surface area contributed by atoms with E-state index in [0.717, 1.165) is 5.56 Å². The first-order chi connectivity index (χ1) is 13.4. The fraction of sp³-hybridized carbons (Fsp3) is 0.273. The lowest BCUT2D eigenvalue weighted by atomic mass is 9.68. The molecule has 1 N–H and O–H groups in total. The molecule has 5 rings (SSSR count). The van der Waals surface area contributed by atoms with Gasteiger partial charge in [-0.15, -0.1) is 0 Å². The first-order valence-electron chi connectivity index (χ1n) is 9.23. The highest BCUT2D eigenvalue weighted by Crippen LogP contribution is 2.50. The Labute approximate surface area is 161 Å². The van der Waals surface area contributed by atoms with Crippen molar-refractivity contribution in [2.45, 2.75) is 32.6 Å². The van der Waals surface area contributed by atoms with Crippen LogP contribution < -0.4 is 0 Å². The molecule has 140 valence electrons. The largest absolute Gasteiger partial charge is 0.457 e. The maximum atomic E-state index is 13.3. The van der Waals surface area contributed by atoms with Gasteiger partial charge >= 0.3 is 0 Å². The predicted octanol–water partition coefficient (Wildman–Crippen LogP) is 3.50. The first-order valence-corrected chi connectivity index (χ1v) is 9.23. The number of ketones is 3. The van der Waals surface area contributed by atoms with Crippen LogP contribution in [-0.2, 0) is 9.53 Å². The van der Waals surface area contributed by atoms with Gasteiger partial charge in [0.15, 0.2) is 11.5 Å². The van der Waals surface area contributed by atoms with Crippen molar-refractivity contribution >= 4 is 17.3 Å². The van der Waals surface area contributed by atoms with E-state index >= 15 is 0 Å². The quantitative estimate of drug-likeness (QED) is 0.825. The van der Waals surface area contributed by atoms with Crippen LogP contribution in [0.1, 0.15) is 59.0 Å². The third-order valence-electron chi connectivity index (χ3n) is 5.62. The Morgan fingerprint density at radius 1 is 1.04 bits per heavy atom. The van der Waals surface area contributed by atoms with Crippen LogP contribution in [0.2, 0.25) is 0 Å². The van der Waals surface area contributed by atoms with Crippen LogP contribution in [0.15, 0.2) is 59.2 Å². The predicted molar refractivity (Wildman–Crippen MR) is 99.6 cm³/mol. The van der Waals surface area contributed by atoms with Gasteiger partial charge in [-0.3, -0.25) is 19.5 Å². The third kappa shape index (κ3) is 2.27.